The summed E-state index contributed by atoms with van der Waals surface area (Å²) < 4.78 is 5.83. The van der Waals surface area contributed by atoms with E-state index in [1.165, 1.54) is 38.8 Å². The Morgan fingerprint density at radius 3 is 2.54 bits per heavy atom. The van der Waals surface area contributed by atoms with Gasteiger partial charge in [-0.3, -0.25) is 4.79 Å². The van der Waals surface area contributed by atoms with E-state index >= 15 is 0 Å². The van der Waals surface area contributed by atoms with Crippen molar-refractivity contribution in [2.24, 2.45) is 11.1 Å². The van der Waals surface area contributed by atoms with Crippen molar-refractivity contribution in [2.75, 3.05) is 69.0 Å². The predicted molar refractivity (Wildman–Crippen MR) is 156 cm³/mol. The standard InChI is InChI=1S/C29H44N8O2/c1-4-22-27(33-21-6-5-13-31-19-21)35-28(25(34-22)26(30)38)32-20-7-8-23(24(18-20)39-3)37-16-11-29(12-17-37)9-14-36(2)15-10-29/h7-8,18,21,31H,4-6,9-17,19H2,1-3H3,(H2,30,38)(H2,32,33,35)/t21-/m1/s1. The third kappa shape index (κ3) is 6.22. The van der Waals surface area contributed by atoms with Gasteiger partial charge in [0.2, 0.25) is 0 Å². The number of nitrogens with zero attached hydrogens (tertiary/aromatic N) is 4. The SMILES string of the molecule is CCc1nc(C(N)=O)c(Nc2ccc(N3CCC4(CCN(C)CC4)CC3)c(OC)c2)nc1N[C@@H]1CCCNC1. The number of primary amides is 1. The molecule has 0 bridgehead atoms. The van der Waals surface area contributed by atoms with Crippen molar-refractivity contribution in [2.45, 2.75) is 57.9 Å². The molecule has 3 aliphatic heterocycles. The predicted octanol–water partition coefficient (Wildman–Crippen LogP) is 3.37. The number of hydrogen-bond donors (Lipinski definition) is 4. The van der Waals surface area contributed by atoms with Crippen LogP contribution >= 0.6 is 0 Å². The lowest BCUT2D eigenvalue weighted by atomic mass is 9.71. The molecular weight excluding hydrogens is 492 g/mol. The van der Waals surface area contributed by atoms with Crippen LogP contribution in [-0.4, -0.2) is 80.2 Å². The highest BCUT2D eigenvalue weighted by molar-refractivity contribution is 5.96. The van der Waals surface area contributed by atoms with Gasteiger partial charge in [0.05, 0.1) is 18.5 Å². The Morgan fingerprint density at radius 2 is 1.90 bits per heavy atom. The summed E-state index contributed by atoms with van der Waals surface area (Å²) in [4.78, 5) is 26.6. The molecule has 0 radical (unpaired) electrons. The molecule has 0 aliphatic carbocycles. The summed E-state index contributed by atoms with van der Waals surface area (Å²) >= 11 is 0. The molecule has 2 aromatic rings. The molecule has 1 amide bonds. The number of hydrogen-bond acceptors (Lipinski definition) is 9. The number of methoxy groups -OCH3 is 1. The molecule has 1 atom stereocenters. The number of anilines is 4. The fourth-order valence-corrected chi connectivity index (χ4v) is 6.23. The molecule has 0 unspecified atom stereocenters. The van der Waals surface area contributed by atoms with Crippen molar-refractivity contribution in [3.05, 3.63) is 29.6 Å². The number of piperidine rings is 3. The van der Waals surface area contributed by atoms with Crippen molar-refractivity contribution in [1.29, 1.82) is 0 Å². The second kappa shape index (κ2) is 12.0. The lowest BCUT2D eigenvalue weighted by molar-refractivity contribution is 0.0943. The first-order chi connectivity index (χ1) is 18.9. The van der Waals surface area contributed by atoms with E-state index in [0.29, 0.717) is 23.5 Å². The number of rotatable bonds is 8. The van der Waals surface area contributed by atoms with Crippen LogP contribution in [0.5, 0.6) is 5.75 Å². The maximum absolute atomic E-state index is 12.3. The Labute approximate surface area is 232 Å². The largest absolute Gasteiger partial charge is 0.495 e. The number of carbonyl (C=O) groups is 1. The summed E-state index contributed by atoms with van der Waals surface area (Å²) in [6.45, 7) is 8.39. The number of aromatic nitrogens is 2. The first kappa shape index (κ1) is 27.5. The third-order valence-corrected chi connectivity index (χ3v) is 8.83. The Balaban J connectivity index is 1.34. The number of ether oxygens (including phenoxy) is 1. The van der Waals surface area contributed by atoms with E-state index in [9.17, 15) is 4.79 Å². The van der Waals surface area contributed by atoms with E-state index < -0.39 is 5.91 Å². The number of likely N-dealkylation sites (tertiary alicyclic amines) is 1. The highest BCUT2D eigenvalue weighted by Crippen LogP contribution is 2.43. The van der Waals surface area contributed by atoms with Crippen molar-refractivity contribution in [3.8, 4) is 5.75 Å². The summed E-state index contributed by atoms with van der Waals surface area (Å²) in [6, 6.07) is 6.34. The number of nitrogens with two attached hydrogens (primary N) is 1. The maximum Gasteiger partial charge on any atom is 0.271 e. The van der Waals surface area contributed by atoms with E-state index in [1.54, 1.807) is 7.11 Å². The number of nitrogens with one attached hydrogen (secondary N) is 3. The number of amides is 1. The Kier molecular flexibility index (Phi) is 8.42. The Bertz CT molecular complexity index is 1150. The molecule has 1 aromatic carbocycles. The highest BCUT2D eigenvalue weighted by atomic mass is 16.5. The number of aryl methyl sites for hydroxylation is 1. The van der Waals surface area contributed by atoms with Crippen LogP contribution in [0.4, 0.5) is 23.0 Å². The van der Waals surface area contributed by atoms with Crippen LogP contribution in [0.1, 0.15) is 61.6 Å². The average Bonchev–Trinajstić information content (AvgIpc) is 2.96. The smallest absolute Gasteiger partial charge is 0.271 e. The zero-order chi connectivity index (χ0) is 27.4. The fourth-order valence-electron chi connectivity index (χ4n) is 6.23. The molecule has 3 fully saturated rings. The molecule has 1 spiro atoms. The molecule has 3 saturated heterocycles. The van der Waals surface area contributed by atoms with E-state index in [4.69, 9.17) is 15.5 Å². The highest BCUT2D eigenvalue weighted by Gasteiger charge is 2.37. The minimum atomic E-state index is -0.606. The van der Waals surface area contributed by atoms with Crippen LogP contribution in [-0.2, 0) is 6.42 Å². The van der Waals surface area contributed by atoms with Crippen LogP contribution in [0, 0.1) is 5.41 Å². The summed E-state index contributed by atoms with van der Waals surface area (Å²) in [7, 11) is 3.93. The zero-order valence-corrected chi connectivity index (χ0v) is 23.7. The lowest BCUT2D eigenvalue weighted by Crippen LogP contribution is -2.46. The first-order valence-corrected chi connectivity index (χ1v) is 14.5. The molecule has 39 heavy (non-hydrogen) atoms. The van der Waals surface area contributed by atoms with E-state index in [-0.39, 0.29) is 11.7 Å². The summed E-state index contributed by atoms with van der Waals surface area (Å²) in [5.41, 5.74) is 8.96. The van der Waals surface area contributed by atoms with E-state index in [0.717, 1.165) is 61.8 Å². The zero-order valence-electron chi connectivity index (χ0n) is 23.7. The minimum absolute atomic E-state index is 0.140. The van der Waals surface area contributed by atoms with Crippen LogP contribution in [0.2, 0.25) is 0 Å². The van der Waals surface area contributed by atoms with Gasteiger partial charge < -0.3 is 36.2 Å². The molecule has 1 aromatic heterocycles. The molecule has 10 nitrogen and oxygen atoms in total. The van der Waals surface area contributed by atoms with Crippen molar-refractivity contribution in [3.63, 3.8) is 0 Å². The molecule has 10 heteroatoms. The summed E-state index contributed by atoms with van der Waals surface area (Å²) in [6.07, 6.45) is 7.85. The van der Waals surface area contributed by atoms with Crippen molar-refractivity contribution >= 4 is 28.9 Å². The van der Waals surface area contributed by atoms with Gasteiger partial charge in [-0.1, -0.05) is 6.92 Å². The van der Waals surface area contributed by atoms with Crippen LogP contribution in [0.25, 0.3) is 0 Å². The average molecular weight is 537 g/mol. The van der Waals surface area contributed by atoms with Gasteiger partial charge in [0, 0.05) is 37.4 Å². The molecule has 5 rings (SSSR count). The van der Waals surface area contributed by atoms with Gasteiger partial charge in [-0.15, -0.1) is 0 Å². The molecule has 4 heterocycles. The van der Waals surface area contributed by atoms with Gasteiger partial charge in [0.1, 0.15) is 5.75 Å². The molecular formula is C29H44N8O2. The van der Waals surface area contributed by atoms with Crippen molar-refractivity contribution in [1.82, 2.24) is 20.2 Å². The van der Waals surface area contributed by atoms with E-state index in [2.05, 4.69) is 43.8 Å². The maximum atomic E-state index is 12.3. The lowest BCUT2D eigenvalue weighted by Gasteiger charge is -2.47. The summed E-state index contributed by atoms with van der Waals surface area (Å²) in [5.74, 6) is 1.23. The Hall–Kier alpha value is -3.11. The summed E-state index contributed by atoms with van der Waals surface area (Å²) in [5, 5.41) is 10.3. The minimum Gasteiger partial charge on any atom is -0.495 e. The van der Waals surface area contributed by atoms with Gasteiger partial charge in [0.25, 0.3) is 5.91 Å². The fraction of sp³-hybridized carbons (Fsp3) is 0.621. The Morgan fingerprint density at radius 1 is 1.15 bits per heavy atom. The van der Waals surface area contributed by atoms with Crippen molar-refractivity contribution < 1.29 is 9.53 Å². The van der Waals surface area contributed by atoms with Crippen LogP contribution in [0.3, 0.4) is 0 Å². The molecule has 5 N–H and O–H groups in total. The second-order valence-electron chi connectivity index (χ2n) is 11.4. The first-order valence-electron chi connectivity index (χ1n) is 14.5. The number of benzene rings is 1. The third-order valence-electron chi connectivity index (χ3n) is 8.83. The van der Waals surface area contributed by atoms with E-state index in [1.807, 2.05) is 19.1 Å². The van der Waals surface area contributed by atoms with Gasteiger partial charge in [-0.2, -0.15) is 0 Å². The monoisotopic (exact) mass is 536 g/mol. The molecule has 0 saturated carbocycles. The van der Waals surface area contributed by atoms with Crippen LogP contribution in [0.15, 0.2) is 18.2 Å². The molecule has 212 valence electrons. The van der Waals surface area contributed by atoms with Gasteiger partial charge in [-0.05, 0) is 89.2 Å². The number of carbonyl (C=O) groups excluding carboxylic acids is 1. The van der Waals surface area contributed by atoms with Gasteiger partial charge in [-0.25, -0.2) is 9.97 Å². The molecule has 3 aliphatic rings. The van der Waals surface area contributed by atoms with Gasteiger partial charge >= 0.3 is 0 Å². The van der Waals surface area contributed by atoms with Gasteiger partial charge in [0.15, 0.2) is 17.3 Å². The normalized spacial score (nSPS) is 21.5. The topological polar surface area (TPSA) is 121 Å². The quantitative estimate of drug-likeness (QED) is 0.402. The van der Waals surface area contributed by atoms with Crippen LogP contribution < -0.4 is 31.3 Å². The second-order valence-corrected chi connectivity index (χ2v) is 11.4.